The Hall–Kier alpha value is -0.450. The van der Waals surface area contributed by atoms with Gasteiger partial charge in [-0.25, -0.2) is 4.98 Å². The van der Waals surface area contributed by atoms with Gasteiger partial charge in [0.2, 0.25) is 0 Å². The fraction of sp³-hybridized carbons (Fsp3) is 0.786. The van der Waals surface area contributed by atoms with Gasteiger partial charge in [0.25, 0.3) is 0 Å². The summed E-state index contributed by atoms with van der Waals surface area (Å²) in [5.41, 5.74) is 7.24. The lowest BCUT2D eigenvalue weighted by atomic mass is 9.90. The van der Waals surface area contributed by atoms with Crippen molar-refractivity contribution in [3.8, 4) is 0 Å². The summed E-state index contributed by atoms with van der Waals surface area (Å²) in [5.74, 6) is 0. The molecule has 0 amide bonds. The van der Waals surface area contributed by atoms with Crippen LogP contribution in [0.4, 0.5) is 0 Å². The maximum absolute atomic E-state index is 5.98. The van der Waals surface area contributed by atoms with Gasteiger partial charge in [-0.2, -0.15) is 0 Å². The van der Waals surface area contributed by atoms with Crippen molar-refractivity contribution in [2.75, 3.05) is 7.05 Å². The molecule has 1 aliphatic rings. The number of aryl methyl sites for hydroxylation is 2. The predicted octanol–water partition coefficient (Wildman–Crippen LogP) is 3.02. The van der Waals surface area contributed by atoms with E-state index >= 15 is 0 Å². The highest BCUT2D eigenvalue weighted by Gasteiger charge is 2.27. The van der Waals surface area contributed by atoms with Crippen molar-refractivity contribution in [3.63, 3.8) is 0 Å². The van der Waals surface area contributed by atoms with Crippen LogP contribution in [-0.4, -0.2) is 29.0 Å². The standard InChI is InChI=1S/C14H25N3S/c1-9(14-10(2)18-11(3)16-14)17(4)13-7-5-12(15)6-8-13/h9,12-13H,5-8,15H2,1-4H3. The molecule has 18 heavy (non-hydrogen) atoms. The molecule has 102 valence electrons. The molecule has 0 aromatic carbocycles. The Morgan fingerprint density at radius 2 is 1.89 bits per heavy atom. The maximum atomic E-state index is 5.98. The molecule has 0 spiro atoms. The first-order chi connectivity index (χ1) is 8.49. The molecule has 0 bridgehead atoms. The van der Waals surface area contributed by atoms with Crippen LogP contribution < -0.4 is 5.73 Å². The Morgan fingerprint density at radius 1 is 1.28 bits per heavy atom. The molecular formula is C14H25N3S. The molecule has 4 heteroatoms. The molecule has 0 aliphatic heterocycles. The van der Waals surface area contributed by atoms with E-state index in [0.717, 1.165) is 12.8 Å². The third-order valence-electron chi connectivity index (χ3n) is 4.26. The third-order valence-corrected chi connectivity index (χ3v) is 5.17. The lowest BCUT2D eigenvalue weighted by Crippen LogP contribution is -2.40. The van der Waals surface area contributed by atoms with Gasteiger partial charge in [0.15, 0.2) is 0 Å². The second kappa shape index (κ2) is 5.68. The van der Waals surface area contributed by atoms with Crippen molar-refractivity contribution in [2.45, 2.75) is 64.6 Å². The van der Waals surface area contributed by atoms with Crippen LogP contribution in [0.25, 0.3) is 0 Å². The van der Waals surface area contributed by atoms with Gasteiger partial charge in [-0.05, 0) is 53.5 Å². The third kappa shape index (κ3) is 2.92. The van der Waals surface area contributed by atoms with E-state index in [1.165, 1.54) is 28.4 Å². The first-order valence-electron chi connectivity index (χ1n) is 6.90. The van der Waals surface area contributed by atoms with Crippen LogP contribution in [0.5, 0.6) is 0 Å². The van der Waals surface area contributed by atoms with Crippen LogP contribution in [0, 0.1) is 13.8 Å². The van der Waals surface area contributed by atoms with Crippen molar-refractivity contribution in [2.24, 2.45) is 5.73 Å². The Kier molecular flexibility index (Phi) is 4.41. The zero-order valence-electron chi connectivity index (χ0n) is 11.9. The minimum Gasteiger partial charge on any atom is -0.328 e. The smallest absolute Gasteiger partial charge is 0.0900 e. The van der Waals surface area contributed by atoms with Gasteiger partial charge in [0.1, 0.15) is 0 Å². The van der Waals surface area contributed by atoms with Crippen molar-refractivity contribution in [3.05, 3.63) is 15.6 Å². The van der Waals surface area contributed by atoms with Gasteiger partial charge in [-0.1, -0.05) is 0 Å². The van der Waals surface area contributed by atoms with Crippen molar-refractivity contribution in [1.29, 1.82) is 0 Å². The molecule has 1 fully saturated rings. The Balaban J connectivity index is 2.04. The monoisotopic (exact) mass is 267 g/mol. The van der Waals surface area contributed by atoms with Crippen LogP contribution >= 0.6 is 11.3 Å². The second-order valence-corrected chi connectivity index (χ2v) is 6.99. The highest BCUT2D eigenvalue weighted by molar-refractivity contribution is 7.11. The summed E-state index contributed by atoms with van der Waals surface area (Å²) in [4.78, 5) is 8.55. The molecule has 1 heterocycles. The van der Waals surface area contributed by atoms with Gasteiger partial charge in [-0.3, -0.25) is 4.90 Å². The molecule has 0 radical (unpaired) electrons. The Labute approximate surface area is 114 Å². The molecule has 3 nitrogen and oxygen atoms in total. The van der Waals surface area contributed by atoms with E-state index in [1.807, 2.05) is 0 Å². The van der Waals surface area contributed by atoms with E-state index in [-0.39, 0.29) is 0 Å². The van der Waals surface area contributed by atoms with E-state index in [1.54, 1.807) is 11.3 Å². The number of nitrogens with zero attached hydrogens (tertiary/aromatic N) is 2. The molecule has 1 aliphatic carbocycles. The number of rotatable bonds is 3. The van der Waals surface area contributed by atoms with Crippen LogP contribution in [0.1, 0.15) is 54.2 Å². The van der Waals surface area contributed by atoms with Crippen LogP contribution in [-0.2, 0) is 0 Å². The molecule has 1 atom stereocenters. The van der Waals surface area contributed by atoms with Gasteiger partial charge in [0, 0.05) is 17.0 Å². The highest BCUT2D eigenvalue weighted by atomic mass is 32.1. The number of aromatic nitrogens is 1. The molecule has 2 rings (SSSR count). The number of hydrogen-bond donors (Lipinski definition) is 1. The lowest BCUT2D eigenvalue weighted by molar-refractivity contribution is 0.138. The SMILES string of the molecule is Cc1nc(C(C)N(C)C2CCC(N)CC2)c(C)s1. The molecule has 1 saturated carbocycles. The Bertz CT molecular complexity index is 394. The summed E-state index contributed by atoms with van der Waals surface area (Å²) in [6, 6.07) is 1.50. The fourth-order valence-electron chi connectivity index (χ4n) is 2.95. The molecule has 2 N–H and O–H groups in total. The average Bonchev–Trinajstić information content (AvgIpc) is 2.67. The molecule has 1 aromatic heterocycles. The normalized spacial score (nSPS) is 26.6. The van der Waals surface area contributed by atoms with Crippen molar-refractivity contribution < 1.29 is 0 Å². The average molecular weight is 267 g/mol. The summed E-state index contributed by atoms with van der Waals surface area (Å²) in [7, 11) is 2.24. The molecular weight excluding hydrogens is 242 g/mol. The van der Waals surface area contributed by atoms with Crippen LogP contribution in [0.15, 0.2) is 0 Å². The molecule has 1 aromatic rings. The zero-order valence-corrected chi connectivity index (χ0v) is 12.8. The lowest BCUT2D eigenvalue weighted by Gasteiger charge is -2.36. The van der Waals surface area contributed by atoms with Crippen molar-refractivity contribution >= 4 is 11.3 Å². The Morgan fingerprint density at radius 3 is 2.39 bits per heavy atom. The minimum atomic E-state index is 0.411. The summed E-state index contributed by atoms with van der Waals surface area (Å²) in [6.07, 6.45) is 4.78. The predicted molar refractivity (Wildman–Crippen MR) is 78.0 cm³/mol. The summed E-state index contributed by atoms with van der Waals surface area (Å²) < 4.78 is 0. The summed E-state index contributed by atoms with van der Waals surface area (Å²) in [5, 5.41) is 1.17. The van der Waals surface area contributed by atoms with Gasteiger partial charge in [0.05, 0.1) is 16.7 Å². The minimum absolute atomic E-state index is 0.411. The number of thiazole rings is 1. The van der Waals surface area contributed by atoms with Gasteiger partial charge >= 0.3 is 0 Å². The van der Waals surface area contributed by atoms with Gasteiger partial charge in [-0.15, -0.1) is 11.3 Å². The second-order valence-electron chi connectivity index (χ2n) is 5.58. The van der Waals surface area contributed by atoms with E-state index in [9.17, 15) is 0 Å². The maximum Gasteiger partial charge on any atom is 0.0900 e. The van der Waals surface area contributed by atoms with E-state index in [0.29, 0.717) is 18.1 Å². The first-order valence-corrected chi connectivity index (χ1v) is 7.72. The van der Waals surface area contributed by atoms with E-state index in [4.69, 9.17) is 10.7 Å². The van der Waals surface area contributed by atoms with Crippen LogP contribution in [0.2, 0.25) is 0 Å². The molecule has 0 saturated heterocycles. The van der Waals surface area contributed by atoms with Gasteiger partial charge < -0.3 is 5.73 Å². The largest absolute Gasteiger partial charge is 0.328 e. The van der Waals surface area contributed by atoms with E-state index < -0.39 is 0 Å². The topological polar surface area (TPSA) is 42.2 Å². The van der Waals surface area contributed by atoms with Crippen molar-refractivity contribution in [1.82, 2.24) is 9.88 Å². The summed E-state index contributed by atoms with van der Waals surface area (Å²) in [6.45, 7) is 6.55. The zero-order chi connectivity index (χ0) is 13.3. The number of nitrogens with two attached hydrogens (primary N) is 1. The fourth-order valence-corrected chi connectivity index (χ4v) is 3.86. The summed E-state index contributed by atoms with van der Waals surface area (Å²) >= 11 is 1.80. The van der Waals surface area contributed by atoms with Crippen LogP contribution in [0.3, 0.4) is 0 Å². The quantitative estimate of drug-likeness (QED) is 0.915. The highest BCUT2D eigenvalue weighted by Crippen LogP contribution is 2.31. The molecule has 1 unspecified atom stereocenters. The van der Waals surface area contributed by atoms with E-state index in [2.05, 4.69) is 32.7 Å². The first kappa shape index (κ1) is 14.0. The number of hydrogen-bond acceptors (Lipinski definition) is 4.